The molecule has 0 radical (unpaired) electrons. The third kappa shape index (κ3) is 6.86. The highest BCUT2D eigenvalue weighted by Gasteiger charge is 2.14. The fourth-order valence-electron chi connectivity index (χ4n) is 2.41. The van der Waals surface area contributed by atoms with Crippen LogP contribution in [0.5, 0.6) is 11.5 Å². The van der Waals surface area contributed by atoms with Crippen molar-refractivity contribution in [1.29, 1.82) is 0 Å². The van der Waals surface area contributed by atoms with Crippen LogP contribution in [0.4, 0.5) is 5.69 Å². The third-order valence-electron chi connectivity index (χ3n) is 3.74. The predicted molar refractivity (Wildman–Crippen MR) is 109 cm³/mol. The lowest BCUT2D eigenvalue weighted by Crippen LogP contribution is -2.24. The van der Waals surface area contributed by atoms with Crippen LogP contribution >= 0.6 is 15.9 Å². The van der Waals surface area contributed by atoms with Crippen molar-refractivity contribution in [2.45, 2.75) is 26.5 Å². The minimum atomic E-state index is -0.412. The molecule has 0 heterocycles. The van der Waals surface area contributed by atoms with Crippen molar-refractivity contribution < 1.29 is 19.4 Å². The van der Waals surface area contributed by atoms with E-state index in [0.717, 1.165) is 16.8 Å². The van der Waals surface area contributed by atoms with Crippen LogP contribution in [0, 0.1) is 6.92 Å². The number of hydrogen-bond acceptors (Lipinski definition) is 5. The van der Waals surface area contributed by atoms with Crippen LogP contribution in [0.3, 0.4) is 0 Å². The number of nitrogens with one attached hydrogen (secondary N) is 2. The molecule has 0 aliphatic rings. The molecule has 0 fully saturated rings. The zero-order valence-corrected chi connectivity index (χ0v) is 17.3. The highest BCUT2D eigenvalue weighted by atomic mass is 79.9. The predicted octanol–water partition coefficient (Wildman–Crippen LogP) is 3.25. The molecule has 27 heavy (non-hydrogen) atoms. The quantitative estimate of drug-likeness (QED) is 0.562. The van der Waals surface area contributed by atoms with Crippen LogP contribution in [-0.4, -0.2) is 37.4 Å². The van der Waals surface area contributed by atoms with Crippen molar-refractivity contribution in [2.75, 3.05) is 25.6 Å². The number of halogens is 1. The van der Waals surface area contributed by atoms with Gasteiger partial charge in [0.25, 0.3) is 5.91 Å². The van der Waals surface area contributed by atoms with Gasteiger partial charge in [-0.05, 0) is 59.6 Å². The number of aliphatic hydroxyl groups is 1. The van der Waals surface area contributed by atoms with E-state index in [1.54, 1.807) is 14.0 Å². The Hall–Kier alpha value is -2.09. The lowest BCUT2D eigenvalue weighted by atomic mass is 10.2. The second-order valence-electron chi connectivity index (χ2n) is 6.29. The summed E-state index contributed by atoms with van der Waals surface area (Å²) in [4.78, 5) is 12.1. The van der Waals surface area contributed by atoms with E-state index >= 15 is 0 Å². The summed E-state index contributed by atoms with van der Waals surface area (Å²) >= 11 is 3.47. The van der Waals surface area contributed by atoms with Crippen LogP contribution in [0.15, 0.2) is 40.9 Å². The Morgan fingerprint density at radius 3 is 2.59 bits per heavy atom. The van der Waals surface area contributed by atoms with E-state index in [1.165, 1.54) is 0 Å². The van der Waals surface area contributed by atoms with Crippen LogP contribution in [-0.2, 0) is 11.3 Å². The summed E-state index contributed by atoms with van der Waals surface area (Å²) < 4.78 is 11.8. The molecular formula is C20H25BrN2O4. The van der Waals surface area contributed by atoms with E-state index in [9.17, 15) is 9.90 Å². The molecule has 1 amide bonds. The van der Waals surface area contributed by atoms with Crippen molar-refractivity contribution in [3.8, 4) is 11.5 Å². The van der Waals surface area contributed by atoms with Gasteiger partial charge in [0, 0.05) is 18.8 Å². The normalized spacial score (nSPS) is 11.7. The SMILES string of the molecule is COc1cc(CNC[C@H](C)O)cc(Br)c1OCC(=O)Nc1ccc(C)cc1. The van der Waals surface area contributed by atoms with E-state index in [-0.39, 0.29) is 12.5 Å². The first kappa shape index (κ1) is 21.2. The molecule has 1 atom stereocenters. The molecule has 0 aliphatic carbocycles. The van der Waals surface area contributed by atoms with Crippen LogP contribution in [0.25, 0.3) is 0 Å². The second kappa shape index (κ2) is 10.3. The van der Waals surface area contributed by atoms with Gasteiger partial charge in [-0.2, -0.15) is 0 Å². The molecule has 0 saturated heterocycles. The van der Waals surface area contributed by atoms with Gasteiger partial charge in [-0.1, -0.05) is 17.7 Å². The van der Waals surface area contributed by atoms with E-state index in [2.05, 4.69) is 26.6 Å². The Labute approximate surface area is 168 Å². The second-order valence-corrected chi connectivity index (χ2v) is 7.15. The summed E-state index contributed by atoms with van der Waals surface area (Å²) in [6, 6.07) is 11.3. The summed E-state index contributed by atoms with van der Waals surface area (Å²) in [6.45, 7) is 4.65. The largest absolute Gasteiger partial charge is 0.493 e. The average Bonchev–Trinajstić information content (AvgIpc) is 2.62. The molecule has 7 heteroatoms. The van der Waals surface area contributed by atoms with Gasteiger partial charge in [0.1, 0.15) is 0 Å². The molecule has 0 aromatic heterocycles. The Balaban J connectivity index is 1.98. The van der Waals surface area contributed by atoms with Gasteiger partial charge in [-0.15, -0.1) is 0 Å². The molecule has 0 aliphatic heterocycles. The Morgan fingerprint density at radius 2 is 1.96 bits per heavy atom. The van der Waals surface area contributed by atoms with E-state index in [0.29, 0.717) is 29.1 Å². The molecule has 3 N–H and O–H groups in total. The highest BCUT2D eigenvalue weighted by molar-refractivity contribution is 9.10. The number of carbonyl (C=O) groups excluding carboxylic acids is 1. The molecule has 2 aromatic carbocycles. The number of ether oxygens (including phenoxy) is 2. The first-order chi connectivity index (χ1) is 12.9. The Morgan fingerprint density at radius 1 is 1.26 bits per heavy atom. The maximum absolute atomic E-state index is 12.1. The number of aliphatic hydroxyl groups excluding tert-OH is 1. The van der Waals surface area contributed by atoms with E-state index < -0.39 is 6.10 Å². The van der Waals surface area contributed by atoms with Gasteiger partial charge in [-0.25, -0.2) is 0 Å². The van der Waals surface area contributed by atoms with Crippen molar-refractivity contribution in [1.82, 2.24) is 5.32 Å². The number of rotatable bonds is 9. The molecule has 0 saturated carbocycles. The maximum Gasteiger partial charge on any atom is 0.262 e. The van der Waals surface area contributed by atoms with Crippen molar-refractivity contribution in [3.63, 3.8) is 0 Å². The molecule has 0 unspecified atom stereocenters. The van der Waals surface area contributed by atoms with Gasteiger partial charge in [0.2, 0.25) is 0 Å². The summed E-state index contributed by atoms with van der Waals surface area (Å²) in [5.41, 5.74) is 2.82. The van der Waals surface area contributed by atoms with Crippen molar-refractivity contribution in [2.24, 2.45) is 0 Å². The van der Waals surface area contributed by atoms with E-state index in [4.69, 9.17) is 9.47 Å². The summed E-state index contributed by atoms with van der Waals surface area (Å²) in [5, 5.41) is 15.3. The minimum absolute atomic E-state index is 0.136. The minimum Gasteiger partial charge on any atom is -0.493 e. The summed E-state index contributed by atoms with van der Waals surface area (Å²) in [5.74, 6) is 0.743. The first-order valence-corrected chi connectivity index (χ1v) is 9.43. The number of methoxy groups -OCH3 is 1. The monoisotopic (exact) mass is 436 g/mol. The number of benzene rings is 2. The molecule has 0 spiro atoms. The molecule has 0 bridgehead atoms. The molecule has 6 nitrogen and oxygen atoms in total. The molecular weight excluding hydrogens is 412 g/mol. The van der Waals surface area contributed by atoms with Crippen LogP contribution in [0.1, 0.15) is 18.1 Å². The number of anilines is 1. The van der Waals surface area contributed by atoms with Crippen molar-refractivity contribution in [3.05, 3.63) is 52.0 Å². The summed E-state index contributed by atoms with van der Waals surface area (Å²) in [7, 11) is 1.55. The topological polar surface area (TPSA) is 79.8 Å². The smallest absolute Gasteiger partial charge is 0.262 e. The van der Waals surface area contributed by atoms with E-state index in [1.807, 2.05) is 43.3 Å². The average molecular weight is 437 g/mol. The molecule has 2 aromatic rings. The van der Waals surface area contributed by atoms with Gasteiger partial charge in [0.15, 0.2) is 18.1 Å². The lowest BCUT2D eigenvalue weighted by Gasteiger charge is -2.15. The fraction of sp³-hybridized carbons (Fsp3) is 0.350. The maximum atomic E-state index is 12.1. The van der Waals surface area contributed by atoms with Gasteiger partial charge < -0.3 is 25.2 Å². The fourth-order valence-corrected chi connectivity index (χ4v) is 3.02. The number of aryl methyl sites for hydroxylation is 1. The van der Waals surface area contributed by atoms with Crippen LogP contribution < -0.4 is 20.1 Å². The number of hydrogen-bond donors (Lipinski definition) is 3. The van der Waals surface area contributed by atoms with Gasteiger partial charge >= 0.3 is 0 Å². The highest BCUT2D eigenvalue weighted by Crippen LogP contribution is 2.36. The number of amides is 1. The zero-order valence-electron chi connectivity index (χ0n) is 15.7. The molecule has 146 valence electrons. The first-order valence-electron chi connectivity index (χ1n) is 8.63. The van der Waals surface area contributed by atoms with Gasteiger partial charge in [-0.3, -0.25) is 4.79 Å². The molecule has 2 rings (SSSR count). The summed E-state index contributed by atoms with van der Waals surface area (Å²) in [6.07, 6.45) is -0.412. The standard InChI is InChI=1S/C20H25BrN2O4/c1-13-4-6-16(7-5-13)23-19(25)12-27-20-17(21)8-15(9-18(20)26-3)11-22-10-14(2)24/h4-9,14,22,24H,10-12H2,1-3H3,(H,23,25)/t14-/m0/s1. The lowest BCUT2D eigenvalue weighted by molar-refractivity contribution is -0.118. The number of carbonyl (C=O) groups is 1. The van der Waals surface area contributed by atoms with Crippen molar-refractivity contribution >= 4 is 27.5 Å². The third-order valence-corrected chi connectivity index (χ3v) is 4.33. The Bertz CT molecular complexity index is 763. The van der Waals surface area contributed by atoms with Gasteiger partial charge in [0.05, 0.1) is 17.7 Å². The zero-order chi connectivity index (χ0) is 19.8. The van der Waals surface area contributed by atoms with Crippen LogP contribution in [0.2, 0.25) is 0 Å². The Kier molecular flexibility index (Phi) is 8.09.